The molecule has 0 bridgehead atoms. The highest BCUT2D eigenvalue weighted by molar-refractivity contribution is 7.89. The van der Waals surface area contributed by atoms with E-state index in [1.54, 1.807) is 0 Å². The van der Waals surface area contributed by atoms with Crippen LogP contribution < -0.4 is 5.32 Å². The number of sulfonamides is 1. The lowest BCUT2D eigenvalue weighted by Crippen LogP contribution is -2.35. The molecule has 1 amide bonds. The lowest BCUT2D eigenvalue weighted by molar-refractivity contribution is -0.121. The maximum atomic E-state index is 12.6. The van der Waals surface area contributed by atoms with Gasteiger partial charge in [0, 0.05) is 25.8 Å². The van der Waals surface area contributed by atoms with Crippen LogP contribution in [0, 0.1) is 0 Å². The third-order valence-electron chi connectivity index (χ3n) is 4.43. The van der Waals surface area contributed by atoms with E-state index in [4.69, 9.17) is 0 Å². The Bertz CT molecular complexity index is 827. The van der Waals surface area contributed by atoms with Crippen LogP contribution in [0.5, 0.6) is 0 Å². The summed E-state index contributed by atoms with van der Waals surface area (Å²) < 4.78 is 28.1. The Hall–Kier alpha value is -2.19. The van der Waals surface area contributed by atoms with Crippen LogP contribution in [-0.2, 0) is 27.8 Å². The Kier molecular flexibility index (Phi) is 6.05. The first-order valence-electron chi connectivity index (χ1n) is 8.88. The quantitative estimate of drug-likeness (QED) is 0.792. The predicted octanol–water partition coefficient (Wildman–Crippen LogP) is 1.42. The number of imidazole rings is 1. The van der Waals surface area contributed by atoms with Crippen LogP contribution >= 0.6 is 0 Å². The molecule has 1 aromatic carbocycles. The molecule has 8 heteroatoms. The van der Waals surface area contributed by atoms with Gasteiger partial charge in [-0.3, -0.25) is 4.79 Å². The van der Waals surface area contributed by atoms with Crippen LogP contribution in [0.25, 0.3) is 0 Å². The average molecular weight is 376 g/mol. The van der Waals surface area contributed by atoms with Gasteiger partial charge >= 0.3 is 0 Å². The van der Waals surface area contributed by atoms with Gasteiger partial charge in [-0.05, 0) is 24.8 Å². The SMILES string of the molecule is O=C(Cn1cnc(S(=O)(=O)N2CCCCC2)c1)NCCc1ccccc1. The molecule has 0 spiro atoms. The first kappa shape index (κ1) is 18.6. The lowest BCUT2D eigenvalue weighted by atomic mass is 10.1. The zero-order valence-corrected chi connectivity index (χ0v) is 15.5. The minimum absolute atomic E-state index is 0.0106. The van der Waals surface area contributed by atoms with Crippen LogP contribution in [0.1, 0.15) is 24.8 Å². The summed E-state index contributed by atoms with van der Waals surface area (Å²) in [5.41, 5.74) is 1.16. The van der Waals surface area contributed by atoms with Crippen LogP contribution in [-0.4, -0.2) is 47.8 Å². The zero-order valence-electron chi connectivity index (χ0n) is 14.7. The normalized spacial score (nSPS) is 15.7. The van der Waals surface area contributed by atoms with E-state index in [0.29, 0.717) is 19.6 Å². The van der Waals surface area contributed by atoms with Crippen molar-refractivity contribution in [3.63, 3.8) is 0 Å². The van der Waals surface area contributed by atoms with Crippen molar-refractivity contribution in [2.45, 2.75) is 37.3 Å². The second-order valence-electron chi connectivity index (χ2n) is 6.43. The van der Waals surface area contributed by atoms with Crippen molar-refractivity contribution < 1.29 is 13.2 Å². The molecular weight excluding hydrogens is 352 g/mol. The number of piperidine rings is 1. The first-order chi connectivity index (χ1) is 12.6. The molecule has 7 nitrogen and oxygen atoms in total. The third kappa shape index (κ3) is 4.70. The molecule has 1 saturated heterocycles. The van der Waals surface area contributed by atoms with E-state index in [2.05, 4.69) is 10.3 Å². The van der Waals surface area contributed by atoms with Gasteiger partial charge in [0.15, 0.2) is 5.03 Å². The van der Waals surface area contributed by atoms with Gasteiger partial charge < -0.3 is 9.88 Å². The number of carbonyl (C=O) groups is 1. The summed E-state index contributed by atoms with van der Waals surface area (Å²) in [4.78, 5) is 16.0. The molecule has 1 fully saturated rings. The summed E-state index contributed by atoms with van der Waals surface area (Å²) in [6, 6.07) is 9.91. The van der Waals surface area contributed by atoms with Crippen molar-refractivity contribution in [2.24, 2.45) is 0 Å². The van der Waals surface area contributed by atoms with Gasteiger partial charge in [0.05, 0.1) is 6.33 Å². The molecule has 0 aliphatic carbocycles. The molecule has 1 aliphatic heterocycles. The minimum atomic E-state index is -3.56. The smallest absolute Gasteiger partial charge is 0.262 e. The Labute approximate surface area is 154 Å². The van der Waals surface area contributed by atoms with Crippen molar-refractivity contribution in [3.8, 4) is 0 Å². The molecule has 26 heavy (non-hydrogen) atoms. The fourth-order valence-electron chi connectivity index (χ4n) is 3.01. The molecule has 1 aromatic heterocycles. The number of hydrogen-bond donors (Lipinski definition) is 1. The Balaban J connectivity index is 1.52. The molecule has 2 heterocycles. The molecule has 2 aromatic rings. The van der Waals surface area contributed by atoms with E-state index >= 15 is 0 Å². The van der Waals surface area contributed by atoms with Crippen molar-refractivity contribution in [1.82, 2.24) is 19.2 Å². The number of nitrogens with zero attached hydrogens (tertiary/aromatic N) is 3. The molecule has 1 N–H and O–H groups in total. The number of amides is 1. The summed E-state index contributed by atoms with van der Waals surface area (Å²) in [5, 5.41) is 2.85. The lowest BCUT2D eigenvalue weighted by Gasteiger charge is -2.24. The largest absolute Gasteiger partial charge is 0.354 e. The first-order valence-corrected chi connectivity index (χ1v) is 10.3. The fourth-order valence-corrected chi connectivity index (χ4v) is 4.46. The number of benzene rings is 1. The van der Waals surface area contributed by atoms with Crippen molar-refractivity contribution in [2.75, 3.05) is 19.6 Å². The monoisotopic (exact) mass is 376 g/mol. The number of carbonyl (C=O) groups excluding carboxylic acids is 1. The van der Waals surface area contributed by atoms with E-state index in [0.717, 1.165) is 31.2 Å². The van der Waals surface area contributed by atoms with Gasteiger partial charge in [-0.25, -0.2) is 13.4 Å². The Morgan fingerprint density at radius 3 is 2.58 bits per heavy atom. The second-order valence-corrected chi connectivity index (χ2v) is 8.32. The highest BCUT2D eigenvalue weighted by Gasteiger charge is 2.28. The van der Waals surface area contributed by atoms with Crippen LogP contribution in [0.3, 0.4) is 0 Å². The molecule has 140 valence electrons. The summed E-state index contributed by atoms with van der Waals surface area (Å²) >= 11 is 0. The standard InChI is InChI=1S/C18H24N4O3S/c23-17(19-10-9-16-7-3-1-4-8-16)13-21-14-18(20-15-21)26(24,25)22-11-5-2-6-12-22/h1,3-4,7-8,14-15H,2,5-6,9-13H2,(H,19,23). The highest BCUT2D eigenvalue weighted by atomic mass is 32.2. The fraction of sp³-hybridized carbons (Fsp3) is 0.444. The van der Waals surface area contributed by atoms with Crippen LogP contribution in [0.2, 0.25) is 0 Å². The Morgan fingerprint density at radius 2 is 1.85 bits per heavy atom. The van der Waals surface area contributed by atoms with Gasteiger partial charge in [-0.15, -0.1) is 0 Å². The molecule has 0 atom stereocenters. The van der Waals surface area contributed by atoms with Gasteiger partial charge in [0.1, 0.15) is 6.54 Å². The second kappa shape index (κ2) is 8.46. The topological polar surface area (TPSA) is 84.3 Å². The van der Waals surface area contributed by atoms with E-state index in [1.807, 2.05) is 30.3 Å². The highest BCUT2D eigenvalue weighted by Crippen LogP contribution is 2.18. The summed E-state index contributed by atoms with van der Waals surface area (Å²) in [6.07, 6.45) is 6.40. The predicted molar refractivity (Wildman–Crippen MR) is 98.0 cm³/mol. The third-order valence-corrected chi connectivity index (χ3v) is 6.22. The van der Waals surface area contributed by atoms with E-state index in [1.165, 1.54) is 21.4 Å². The molecule has 0 unspecified atom stereocenters. The van der Waals surface area contributed by atoms with E-state index in [-0.39, 0.29) is 17.5 Å². The Morgan fingerprint density at radius 1 is 1.12 bits per heavy atom. The number of aromatic nitrogens is 2. The minimum Gasteiger partial charge on any atom is -0.354 e. The number of nitrogens with one attached hydrogen (secondary N) is 1. The van der Waals surface area contributed by atoms with Crippen molar-refractivity contribution in [3.05, 3.63) is 48.4 Å². The van der Waals surface area contributed by atoms with Crippen molar-refractivity contribution >= 4 is 15.9 Å². The van der Waals surface area contributed by atoms with Gasteiger partial charge in [-0.2, -0.15) is 4.31 Å². The zero-order chi connectivity index (χ0) is 18.4. The van der Waals surface area contributed by atoms with Crippen molar-refractivity contribution in [1.29, 1.82) is 0 Å². The molecular formula is C18H24N4O3S. The van der Waals surface area contributed by atoms with Crippen LogP contribution in [0.4, 0.5) is 0 Å². The van der Waals surface area contributed by atoms with Gasteiger partial charge in [-0.1, -0.05) is 36.8 Å². The number of rotatable bonds is 7. The number of hydrogen-bond acceptors (Lipinski definition) is 4. The summed E-state index contributed by atoms with van der Waals surface area (Å²) in [6.45, 7) is 1.66. The van der Waals surface area contributed by atoms with Crippen LogP contribution in [0.15, 0.2) is 47.9 Å². The van der Waals surface area contributed by atoms with E-state index in [9.17, 15) is 13.2 Å². The van der Waals surface area contributed by atoms with Gasteiger partial charge in [0.2, 0.25) is 5.91 Å². The average Bonchev–Trinajstić information content (AvgIpc) is 3.12. The van der Waals surface area contributed by atoms with E-state index < -0.39 is 10.0 Å². The molecule has 0 saturated carbocycles. The summed E-state index contributed by atoms with van der Waals surface area (Å²) in [5.74, 6) is -0.166. The molecule has 0 radical (unpaired) electrons. The molecule has 1 aliphatic rings. The molecule has 3 rings (SSSR count). The summed E-state index contributed by atoms with van der Waals surface area (Å²) in [7, 11) is -3.56. The maximum absolute atomic E-state index is 12.6. The maximum Gasteiger partial charge on any atom is 0.262 e. The van der Waals surface area contributed by atoms with Gasteiger partial charge in [0.25, 0.3) is 10.0 Å².